The zero-order chi connectivity index (χ0) is 12.7. The Labute approximate surface area is 122 Å². The minimum absolute atomic E-state index is 0.211. The molecule has 2 saturated carbocycles. The van der Waals surface area contributed by atoms with Crippen LogP contribution in [0.2, 0.25) is 5.02 Å². The molecule has 1 N–H and O–H groups in total. The number of aliphatic hydroxyl groups is 1. The molecule has 0 saturated heterocycles. The Hall–Kier alpha value is -0.0500. The van der Waals surface area contributed by atoms with Gasteiger partial charge >= 0.3 is 0 Å². The van der Waals surface area contributed by atoms with Gasteiger partial charge in [-0.3, -0.25) is 0 Å². The predicted octanol–water partition coefficient (Wildman–Crippen LogP) is 4.44. The van der Waals surface area contributed by atoms with Gasteiger partial charge in [0.15, 0.2) is 0 Å². The predicted molar refractivity (Wildman–Crippen MR) is 77.8 cm³/mol. The first-order chi connectivity index (χ1) is 8.66. The van der Waals surface area contributed by atoms with Gasteiger partial charge < -0.3 is 5.11 Å². The lowest BCUT2D eigenvalue weighted by Crippen LogP contribution is -2.15. The number of fused-ring (bicyclic) bond motifs is 1. The molecule has 0 aliphatic heterocycles. The third-order valence-electron chi connectivity index (χ3n) is 4.61. The van der Waals surface area contributed by atoms with Crippen molar-refractivity contribution in [1.82, 2.24) is 0 Å². The van der Waals surface area contributed by atoms with Crippen LogP contribution in [0, 0.1) is 17.8 Å². The van der Waals surface area contributed by atoms with Gasteiger partial charge in [-0.05, 0) is 48.3 Å². The van der Waals surface area contributed by atoms with Crippen molar-refractivity contribution < 1.29 is 5.11 Å². The van der Waals surface area contributed by atoms with Crippen LogP contribution in [-0.2, 0) is 6.42 Å². The van der Waals surface area contributed by atoms with E-state index in [1.165, 1.54) is 25.7 Å². The molecule has 1 nitrogen and oxygen atoms in total. The second kappa shape index (κ2) is 5.15. The SMILES string of the molecule is OC(Cc1ccc(Br)cc1Cl)C1C2CCCCC21. The van der Waals surface area contributed by atoms with Crippen molar-refractivity contribution in [2.24, 2.45) is 17.8 Å². The fraction of sp³-hybridized carbons (Fsp3) is 0.600. The molecule has 0 heterocycles. The van der Waals surface area contributed by atoms with Crippen molar-refractivity contribution in [3.05, 3.63) is 33.3 Å². The molecule has 0 amide bonds. The van der Waals surface area contributed by atoms with E-state index < -0.39 is 0 Å². The zero-order valence-corrected chi connectivity index (χ0v) is 12.6. The van der Waals surface area contributed by atoms with Gasteiger partial charge in [-0.25, -0.2) is 0 Å². The van der Waals surface area contributed by atoms with Crippen molar-refractivity contribution in [2.75, 3.05) is 0 Å². The summed E-state index contributed by atoms with van der Waals surface area (Å²) < 4.78 is 0.992. The maximum Gasteiger partial charge on any atom is 0.0614 e. The Morgan fingerprint density at radius 3 is 2.56 bits per heavy atom. The Bertz CT molecular complexity index is 436. The summed E-state index contributed by atoms with van der Waals surface area (Å²) in [5, 5.41) is 11.2. The average molecular weight is 330 g/mol. The van der Waals surface area contributed by atoms with Crippen LogP contribution in [0.1, 0.15) is 31.2 Å². The van der Waals surface area contributed by atoms with Crippen LogP contribution in [0.3, 0.4) is 0 Å². The first-order valence-electron chi connectivity index (χ1n) is 6.79. The Morgan fingerprint density at radius 1 is 1.28 bits per heavy atom. The molecule has 3 atom stereocenters. The van der Waals surface area contributed by atoms with Crippen LogP contribution >= 0.6 is 27.5 Å². The number of halogens is 2. The van der Waals surface area contributed by atoms with Gasteiger partial charge in [0.05, 0.1) is 6.10 Å². The molecule has 3 heteroatoms. The second-order valence-corrected chi connectivity index (χ2v) is 7.02. The smallest absolute Gasteiger partial charge is 0.0614 e. The van der Waals surface area contributed by atoms with Crippen LogP contribution in [0.25, 0.3) is 0 Å². The highest BCUT2D eigenvalue weighted by atomic mass is 79.9. The molecular weight excluding hydrogens is 312 g/mol. The molecule has 0 bridgehead atoms. The zero-order valence-electron chi connectivity index (χ0n) is 10.3. The Morgan fingerprint density at radius 2 is 1.94 bits per heavy atom. The number of hydrogen-bond acceptors (Lipinski definition) is 1. The van der Waals surface area contributed by atoms with Crippen molar-refractivity contribution in [3.8, 4) is 0 Å². The number of rotatable bonds is 3. The summed E-state index contributed by atoms with van der Waals surface area (Å²) in [6.07, 6.45) is 5.83. The van der Waals surface area contributed by atoms with Gasteiger partial charge in [0.1, 0.15) is 0 Å². The van der Waals surface area contributed by atoms with Gasteiger partial charge in [-0.2, -0.15) is 0 Å². The normalized spacial score (nSPS) is 31.8. The summed E-state index contributed by atoms with van der Waals surface area (Å²) in [6.45, 7) is 0. The fourth-order valence-corrected chi connectivity index (χ4v) is 4.42. The summed E-state index contributed by atoms with van der Waals surface area (Å²) in [5.74, 6) is 2.12. The van der Waals surface area contributed by atoms with E-state index in [1.54, 1.807) is 0 Å². The third kappa shape index (κ3) is 2.48. The Balaban J connectivity index is 1.66. The highest BCUT2D eigenvalue weighted by molar-refractivity contribution is 9.10. The van der Waals surface area contributed by atoms with Gasteiger partial charge in [0.25, 0.3) is 0 Å². The molecule has 3 unspecified atom stereocenters. The van der Waals surface area contributed by atoms with E-state index in [4.69, 9.17) is 11.6 Å². The van der Waals surface area contributed by atoms with Crippen LogP contribution in [0.15, 0.2) is 22.7 Å². The second-order valence-electron chi connectivity index (χ2n) is 5.70. The molecule has 0 spiro atoms. The highest BCUT2D eigenvalue weighted by Gasteiger charge is 2.53. The van der Waals surface area contributed by atoms with Crippen LogP contribution in [0.4, 0.5) is 0 Å². The van der Waals surface area contributed by atoms with Gasteiger partial charge in [0, 0.05) is 15.9 Å². The topological polar surface area (TPSA) is 20.2 Å². The molecular formula is C15H18BrClO. The number of benzene rings is 1. The summed E-state index contributed by atoms with van der Waals surface area (Å²) in [5.41, 5.74) is 1.07. The monoisotopic (exact) mass is 328 g/mol. The van der Waals surface area contributed by atoms with Crippen molar-refractivity contribution >= 4 is 27.5 Å². The molecule has 1 aromatic carbocycles. The quantitative estimate of drug-likeness (QED) is 0.869. The maximum atomic E-state index is 10.4. The third-order valence-corrected chi connectivity index (χ3v) is 5.46. The minimum Gasteiger partial charge on any atom is -0.392 e. The van der Waals surface area contributed by atoms with E-state index in [-0.39, 0.29) is 6.10 Å². The lowest BCUT2D eigenvalue weighted by molar-refractivity contribution is 0.140. The van der Waals surface area contributed by atoms with E-state index in [2.05, 4.69) is 15.9 Å². The van der Waals surface area contributed by atoms with Gasteiger partial charge in [-0.15, -0.1) is 0 Å². The van der Waals surface area contributed by atoms with E-state index in [0.29, 0.717) is 12.3 Å². The maximum absolute atomic E-state index is 10.4. The molecule has 2 fully saturated rings. The average Bonchev–Trinajstić information content (AvgIpc) is 3.07. The summed E-state index contributed by atoms with van der Waals surface area (Å²) >= 11 is 9.62. The highest BCUT2D eigenvalue weighted by Crippen LogP contribution is 2.57. The molecule has 2 aliphatic carbocycles. The first kappa shape index (κ1) is 13.0. The molecule has 0 radical (unpaired) electrons. The molecule has 3 rings (SSSR count). The fourth-order valence-electron chi connectivity index (χ4n) is 3.67. The lowest BCUT2D eigenvalue weighted by Gasteiger charge is -2.12. The van der Waals surface area contributed by atoms with Gasteiger partial charge in [0.2, 0.25) is 0 Å². The summed E-state index contributed by atoms with van der Waals surface area (Å²) in [4.78, 5) is 0. The summed E-state index contributed by atoms with van der Waals surface area (Å²) in [6, 6.07) is 5.92. The standard InChI is InChI=1S/C15H18BrClO/c16-10-6-5-9(13(17)8-10)7-14(18)15-11-3-1-2-4-12(11)15/h5-6,8,11-12,14-15,18H,1-4,7H2. The minimum atomic E-state index is -0.211. The number of aliphatic hydroxyl groups excluding tert-OH is 1. The summed E-state index contributed by atoms with van der Waals surface area (Å²) in [7, 11) is 0. The van der Waals surface area contributed by atoms with Crippen molar-refractivity contribution in [2.45, 2.75) is 38.2 Å². The molecule has 98 valence electrons. The van der Waals surface area contributed by atoms with E-state index >= 15 is 0 Å². The van der Waals surface area contributed by atoms with E-state index in [0.717, 1.165) is 26.9 Å². The van der Waals surface area contributed by atoms with E-state index in [9.17, 15) is 5.11 Å². The molecule has 1 aromatic rings. The van der Waals surface area contributed by atoms with Crippen LogP contribution < -0.4 is 0 Å². The molecule has 0 aromatic heterocycles. The Kier molecular flexibility index (Phi) is 3.70. The molecule has 18 heavy (non-hydrogen) atoms. The van der Waals surface area contributed by atoms with Crippen molar-refractivity contribution in [3.63, 3.8) is 0 Å². The number of hydrogen-bond donors (Lipinski definition) is 1. The van der Waals surface area contributed by atoms with E-state index in [1.807, 2.05) is 18.2 Å². The lowest BCUT2D eigenvalue weighted by atomic mass is 10.0. The van der Waals surface area contributed by atoms with Crippen LogP contribution in [0.5, 0.6) is 0 Å². The van der Waals surface area contributed by atoms with Gasteiger partial charge in [-0.1, -0.05) is 46.4 Å². The van der Waals surface area contributed by atoms with Crippen molar-refractivity contribution in [1.29, 1.82) is 0 Å². The molecule has 2 aliphatic rings. The van der Waals surface area contributed by atoms with Crippen LogP contribution in [-0.4, -0.2) is 11.2 Å². The largest absolute Gasteiger partial charge is 0.392 e. The first-order valence-corrected chi connectivity index (χ1v) is 7.96.